The number of fused-ring (bicyclic) bond motifs is 1. The molecule has 1 aromatic carbocycles. The summed E-state index contributed by atoms with van der Waals surface area (Å²) in [7, 11) is 0. The number of aliphatic hydroxyl groups is 1. The number of furan rings is 1. The number of amides is 4. The summed E-state index contributed by atoms with van der Waals surface area (Å²) >= 11 is 0. The number of halogens is 6. The molecule has 0 bridgehead atoms. The molecule has 3 aromatic rings. The lowest BCUT2D eigenvalue weighted by Gasteiger charge is -2.42. The maximum Gasteiger partial charge on any atom is 0.430 e. The number of pyridine rings is 1. The molecule has 2 aliphatic rings. The smallest absolute Gasteiger partial charge is 0.430 e. The number of nitrogens with zero attached hydrogens (tertiary/aromatic N) is 4. The van der Waals surface area contributed by atoms with E-state index in [1.54, 1.807) is 30.9 Å². The molecule has 5 rings (SSSR count). The molecule has 2 N–H and O–H groups in total. The largest absolute Gasteiger partial charge is 0.463 e. The number of piperazine rings is 1. The fourth-order valence-corrected chi connectivity index (χ4v) is 5.98. The van der Waals surface area contributed by atoms with Crippen LogP contribution in [0, 0.1) is 0 Å². The van der Waals surface area contributed by atoms with Crippen molar-refractivity contribution < 1.29 is 50.2 Å². The summed E-state index contributed by atoms with van der Waals surface area (Å²) in [6.45, 7) is 4.74. The van der Waals surface area contributed by atoms with E-state index in [4.69, 9.17) is 4.42 Å². The van der Waals surface area contributed by atoms with E-state index >= 15 is 0 Å². The SMILES string of the molecule is CCCc1cc(C(O)(C(F)(F)F)C(F)(F)F)ccc1N1CCN(C(=O)CN2C(=O)NC(C)(c3cc4ccoc4cn3)C2=O)CC1C. The van der Waals surface area contributed by atoms with Gasteiger partial charge in [-0.1, -0.05) is 25.5 Å². The predicted molar refractivity (Wildman–Crippen MR) is 151 cm³/mol. The van der Waals surface area contributed by atoms with E-state index in [0.29, 0.717) is 29.1 Å². The zero-order valence-corrected chi connectivity index (χ0v) is 25.0. The minimum Gasteiger partial charge on any atom is -0.463 e. The molecule has 248 valence electrons. The van der Waals surface area contributed by atoms with Crippen LogP contribution in [0.25, 0.3) is 11.0 Å². The number of benzene rings is 1. The van der Waals surface area contributed by atoms with Crippen LogP contribution in [0.1, 0.15) is 44.0 Å². The van der Waals surface area contributed by atoms with Crippen LogP contribution in [0.2, 0.25) is 0 Å². The van der Waals surface area contributed by atoms with Gasteiger partial charge >= 0.3 is 18.4 Å². The summed E-state index contributed by atoms with van der Waals surface area (Å²) in [5, 5.41) is 13.2. The Labute approximate surface area is 258 Å². The third-order valence-electron chi connectivity index (χ3n) is 8.55. The number of alkyl halides is 6. The maximum atomic E-state index is 13.5. The standard InChI is InChI=1S/C30H31F6N5O5/c1-4-5-18-12-20(28(45,29(31,32)33)30(34,35)36)6-7-21(18)40-10-9-39(15-17(40)2)24(42)16-41-25(43)27(3,38-26(41)44)23-13-19-8-11-46-22(19)14-37-23/h6-8,11-14,17,45H,4-5,9-10,15-16H2,1-3H3,(H,38,44). The Morgan fingerprint density at radius 3 is 2.43 bits per heavy atom. The summed E-state index contributed by atoms with van der Waals surface area (Å²) in [5.41, 5.74) is -6.60. The highest BCUT2D eigenvalue weighted by molar-refractivity contribution is 6.09. The molecule has 2 unspecified atom stereocenters. The second-order valence-electron chi connectivity index (χ2n) is 11.7. The molecule has 10 nitrogen and oxygen atoms in total. The zero-order chi connectivity index (χ0) is 33.8. The molecule has 0 saturated carbocycles. The lowest BCUT2D eigenvalue weighted by molar-refractivity contribution is -0.376. The number of aromatic nitrogens is 1. The van der Waals surface area contributed by atoms with Crippen LogP contribution in [-0.2, 0) is 27.1 Å². The number of hydrogen-bond donors (Lipinski definition) is 2. The highest BCUT2D eigenvalue weighted by Crippen LogP contribution is 2.50. The third kappa shape index (κ3) is 5.41. The molecular formula is C30H31F6N5O5. The van der Waals surface area contributed by atoms with Crippen molar-refractivity contribution in [3.05, 3.63) is 59.6 Å². The average Bonchev–Trinajstić information content (AvgIpc) is 3.54. The molecule has 16 heteroatoms. The van der Waals surface area contributed by atoms with Gasteiger partial charge in [0.05, 0.1) is 18.2 Å². The molecular weight excluding hydrogens is 624 g/mol. The summed E-state index contributed by atoms with van der Waals surface area (Å²) in [4.78, 5) is 47.8. The van der Waals surface area contributed by atoms with Crippen molar-refractivity contribution in [3.63, 3.8) is 0 Å². The first kappa shape index (κ1) is 33.0. The lowest BCUT2D eigenvalue weighted by atomic mass is 9.89. The van der Waals surface area contributed by atoms with Gasteiger partial charge in [0.25, 0.3) is 11.5 Å². The van der Waals surface area contributed by atoms with Gasteiger partial charge in [0.1, 0.15) is 6.54 Å². The van der Waals surface area contributed by atoms with Gasteiger partial charge in [0, 0.05) is 42.3 Å². The topological polar surface area (TPSA) is 119 Å². The number of carbonyl (C=O) groups is 3. The maximum absolute atomic E-state index is 13.5. The quantitative estimate of drug-likeness (QED) is 0.282. The summed E-state index contributed by atoms with van der Waals surface area (Å²) in [5.74, 6) is -1.20. The summed E-state index contributed by atoms with van der Waals surface area (Å²) in [6, 6.07) is 4.55. The zero-order valence-electron chi connectivity index (χ0n) is 25.0. The first-order valence-corrected chi connectivity index (χ1v) is 14.4. The van der Waals surface area contributed by atoms with Gasteiger partial charge in [-0.25, -0.2) is 4.79 Å². The molecule has 0 spiro atoms. The van der Waals surface area contributed by atoms with E-state index in [1.165, 1.54) is 24.3 Å². The van der Waals surface area contributed by atoms with Crippen molar-refractivity contribution in [2.45, 2.75) is 63.1 Å². The van der Waals surface area contributed by atoms with Crippen molar-refractivity contribution in [3.8, 4) is 0 Å². The number of aryl methyl sites for hydroxylation is 1. The van der Waals surface area contributed by atoms with E-state index in [0.717, 1.165) is 17.0 Å². The van der Waals surface area contributed by atoms with Gasteiger partial charge in [0.15, 0.2) is 11.1 Å². The van der Waals surface area contributed by atoms with Crippen LogP contribution in [-0.4, -0.2) is 82.3 Å². The van der Waals surface area contributed by atoms with Crippen molar-refractivity contribution in [1.29, 1.82) is 0 Å². The Bertz CT molecular complexity index is 1660. The third-order valence-corrected chi connectivity index (χ3v) is 8.55. The number of nitrogens with one attached hydrogen (secondary N) is 1. The van der Waals surface area contributed by atoms with Gasteiger partial charge in [-0.05, 0) is 44.0 Å². The first-order valence-electron chi connectivity index (χ1n) is 14.4. The van der Waals surface area contributed by atoms with Crippen LogP contribution >= 0.6 is 0 Å². The molecule has 2 saturated heterocycles. The Kier molecular flexibility index (Phi) is 8.24. The Hall–Kier alpha value is -4.34. The minimum atomic E-state index is -6.01. The van der Waals surface area contributed by atoms with Gasteiger partial charge in [-0.15, -0.1) is 0 Å². The van der Waals surface area contributed by atoms with E-state index in [1.807, 2.05) is 0 Å². The Morgan fingerprint density at radius 2 is 1.80 bits per heavy atom. The predicted octanol–water partition coefficient (Wildman–Crippen LogP) is 4.60. The number of imide groups is 1. The van der Waals surface area contributed by atoms with E-state index in [2.05, 4.69) is 10.3 Å². The molecule has 4 heterocycles. The van der Waals surface area contributed by atoms with Crippen molar-refractivity contribution in [1.82, 2.24) is 20.1 Å². The molecule has 0 aliphatic carbocycles. The first-order chi connectivity index (χ1) is 21.4. The normalized spacial score (nSPS) is 21.3. The molecule has 46 heavy (non-hydrogen) atoms. The van der Waals surface area contributed by atoms with E-state index < -0.39 is 59.5 Å². The Morgan fingerprint density at radius 1 is 1.11 bits per heavy atom. The van der Waals surface area contributed by atoms with Crippen molar-refractivity contribution >= 4 is 34.5 Å². The number of anilines is 1. The van der Waals surface area contributed by atoms with Crippen LogP contribution < -0.4 is 10.2 Å². The summed E-state index contributed by atoms with van der Waals surface area (Å²) in [6.07, 6.45) is -8.60. The van der Waals surface area contributed by atoms with Crippen molar-refractivity contribution in [2.24, 2.45) is 0 Å². The lowest BCUT2D eigenvalue weighted by Crippen LogP contribution is -2.56. The molecule has 2 atom stereocenters. The fourth-order valence-electron chi connectivity index (χ4n) is 5.98. The van der Waals surface area contributed by atoms with Gasteiger partial charge in [-0.2, -0.15) is 26.3 Å². The highest BCUT2D eigenvalue weighted by Gasteiger charge is 2.71. The van der Waals surface area contributed by atoms with Crippen LogP contribution in [0.15, 0.2) is 47.2 Å². The van der Waals surface area contributed by atoms with Gasteiger partial charge in [-0.3, -0.25) is 19.5 Å². The van der Waals surface area contributed by atoms with Crippen LogP contribution in [0.3, 0.4) is 0 Å². The summed E-state index contributed by atoms with van der Waals surface area (Å²) < 4.78 is 86.5. The number of carbonyl (C=O) groups excluding carboxylic acids is 3. The monoisotopic (exact) mass is 655 g/mol. The molecule has 2 aromatic heterocycles. The Balaban J connectivity index is 1.31. The van der Waals surface area contributed by atoms with Gasteiger partial charge < -0.3 is 24.6 Å². The number of urea groups is 1. The van der Waals surface area contributed by atoms with Gasteiger partial charge in [0.2, 0.25) is 5.91 Å². The van der Waals surface area contributed by atoms with Crippen LogP contribution in [0.5, 0.6) is 0 Å². The number of hydrogen-bond acceptors (Lipinski definition) is 7. The second kappa shape index (κ2) is 11.5. The van der Waals surface area contributed by atoms with Crippen LogP contribution in [0.4, 0.5) is 36.8 Å². The fraction of sp³-hybridized carbons (Fsp3) is 0.467. The minimum absolute atomic E-state index is 0.0980. The van der Waals surface area contributed by atoms with E-state index in [9.17, 15) is 45.8 Å². The molecule has 2 aliphatic heterocycles. The molecule has 0 radical (unpaired) electrons. The molecule has 2 fully saturated rings. The van der Waals surface area contributed by atoms with E-state index in [-0.39, 0.29) is 37.3 Å². The number of rotatable bonds is 7. The highest BCUT2D eigenvalue weighted by atomic mass is 19.4. The average molecular weight is 656 g/mol. The second-order valence-corrected chi connectivity index (χ2v) is 11.7. The molecule has 4 amide bonds. The van der Waals surface area contributed by atoms with Crippen molar-refractivity contribution in [2.75, 3.05) is 31.1 Å².